The molecule has 0 aliphatic carbocycles. The van der Waals surface area contributed by atoms with Gasteiger partial charge in [0.1, 0.15) is 17.7 Å². The fraction of sp³-hybridized carbons (Fsp3) is 0.136. The van der Waals surface area contributed by atoms with Crippen LogP contribution in [0.5, 0.6) is 5.75 Å². The molecule has 1 aliphatic rings. The Morgan fingerprint density at radius 1 is 0.964 bits per heavy atom. The van der Waals surface area contributed by atoms with Gasteiger partial charge in [0.2, 0.25) is 5.91 Å². The van der Waals surface area contributed by atoms with Crippen molar-refractivity contribution in [2.45, 2.75) is 12.0 Å². The number of thioether (sulfide) groups is 1. The molecule has 1 amide bonds. The Morgan fingerprint density at radius 3 is 2.43 bits per heavy atom. The first-order valence-electron chi connectivity index (χ1n) is 8.76. The van der Waals surface area contributed by atoms with Gasteiger partial charge in [-0.2, -0.15) is 0 Å². The molecule has 0 spiro atoms. The maximum atomic E-state index is 12.4. The van der Waals surface area contributed by atoms with Crippen molar-refractivity contribution in [1.29, 1.82) is 0 Å². The molecule has 0 radical (unpaired) electrons. The van der Waals surface area contributed by atoms with Gasteiger partial charge in [-0.1, -0.05) is 47.5 Å². The van der Waals surface area contributed by atoms with Gasteiger partial charge in [0, 0.05) is 15.7 Å². The zero-order valence-electron chi connectivity index (χ0n) is 14.8. The first kappa shape index (κ1) is 19.2. The lowest BCUT2D eigenvalue weighted by Crippen LogP contribution is -2.27. The number of hydrogen-bond donors (Lipinski definition) is 0. The van der Waals surface area contributed by atoms with Crippen LogP contribution in [0.4, 0.5) is 5.69 Å². The predicted octanol–water partition coefficient (Wildman–Crippen LogP) is 6.35. The van der Waals surface area contributed by atoms with Gasteiger partial charge in [-0.05, 0) is 59.7 Å². The molecular formula is C22H17Cl2NO2S. The third-order valence-corrected chi connectivity index (χ3v) is 6.13. The van der Waals surface area contributed by atoms with E-state index >= 15 is 0 Å². The summed E-state index contributed by atoms with van der Waals surface area (Å²) in [6.45, 7) is 0.452. The Hall–Kier alpha value is -2.14. The molecule has 0 aromatic heterocycles. The molecule has 0 bridgehead atoms. The molecule has 1 heterocycles. The van der Waals surface area contributed by atoms with Crippen LogP contribution < -0.4 is 9.64 Å². The fourth-order valence-corrected chi connectivity index (χ4v) is 4.59. The summed E-state index contributed by atoms with van der Waals surface area (Å²) >= 11 is 13.6. The number of carbonyl (C=O) groups excluding carboxylic acids is 1. The first-order chi connectivity index (χ1) is 13.6. The third kappa shape index (κ3) is 4.30. The van der Waals surface area contributed by atoms with Crippen molar-refractivity contribution in [3.63, 3.8) is 0 Å². The van der Waals surface area contributed by atoms with Crippen LogP contribution in [0.2, 0.25) is 10.0 Å². The van der Waals surface area contributed by atoms with Gasteiger partial charge in [0.25, 0.3) is 0 Å². The quantitative estimate of drug-likeness (QED) is 0.472. The minimum Gasteiger partial charge on any atom is -0.489 e. The Balaban J connectivity index is 1.48. The fourth-order valence-electron chi connectivity index (χ4n) is 3.07. The van der Waals surface area contributed by atoms with Crippen LogP contribution in [0.1, 0.15) is 16.5 Å². The number of amides is 1. The van der Waals surface area contributed by atoms with E-state index in [-0.39, 0.29) is 11.3 Å². The van der Waals surface area contributed by atoms with Gasteiger partial charge in [-0.15, -0.1) is 11.8 Å². The minimum atomic E-state index is -0.0596. The molecule has 4 rings (SSSR count). The maximum absolute atomic E-state index is 12.4. The summed E-state index contributed by atoms with van der Waals surface area (Å²) in [6, 6.07) is 22.9. The van der Waals surface area contributed by atoms with Crippen LogP contribution >= 0.6 is 35.0 Å². The molecular weight excluding hydrogens is 413 g/mol. The van der Waals surface area contributed by atoms with Gasteiger partial charge in [0.15, 0.2) is 0 Å². The number of rotatable bonds is 5. The van der Waals surface area contributed by atoms with Crippen molar-refractivity contribution in [1.82, 2.24) is 0 Å². The Bertz CT molecular complexity index is 977. The Kier molecular flexibility index (Phi) is 5.81. The lowest BCUT2D eigenvalue weighted by atomic mass is 10.1. The lowest BCUT2D eigenvalue weighted by molar-refractivity contribution is -0.115. The monoisotopic (exact) mass is 429 g/mol. The van der Waals surface area contributed by atoms with Gasteiger partial charge in [-0.25, -0.2) is 0 Å². The smallest absolute Gasteiger partial charge is 0.238 e. The number of anilines is 1. The summed E-state index contributed by atoms with van der Waals surface area (Å²) in [7, 11) is 0. The van der Waals surface area contributed by atoms with E-state index in [4.69, 9.17) is 27.9 Å². The largest absolute Gasteiger partial charge is 0.489 e. The molecule has 1 atom stereocenters. The van der Waals surface area contributed by atoms with E-state index in [0.717, 1.165) is 22.6 Å². The topological polar surface area (TPSA) is 29.5 Å². The van der Waals surface area contributed by atoms with Crippen LogP contribution in [0, 0.1) is 0 Å². The standard InChI is InChI=1S/C22H17Cl2NO2S/c23-17-6-8-19(9-7-17)25-21(26)14-28-22(25)16-4-10-20(11-5-16)27-13-15-2-1-3-18(24)12-15/h1-12,22H,13-14H2/t22-/m0/s1. The van der Waals surface area contributed by atoms with Crippen LogP contribution in [-0.4, -0.2) is 11.7 Å². The molecule has 3 aromatic rings. The number of nitrogens with zero attached hydrogens (tertiary/aromatic N) is 1. The van der Waals surface area contributed by atoms with Crippen LogP contribution in [-0.2, 0) is 11.4 Å². The number of hydrogen-bond acceptors (Lipinski definition) is 3. The highest BCUT2D eigenvalue weighted by Crippen LogP contribution is 2.42. The van der Waals surface area contributed by atoms with Gasteiger partial charge >= 0.3 is 0 Å². The molecule has 28 heavy (non-hydrogen) atoms. The molecule has 3 aromatic carbocycles. The van der Waals surface area contributed by atoms with Gasteiger partial charge in [0.05, 0.1) is 5.75 Å². The molecule has 6 heteroatoms. The average molecular weight is 430 g/mol. The third-order valence-electron chi connectivity index (χ3n) is 4.43. The molecule has 0 N–H and O–H groups in total. The van der Waals surface area contributed by atoms with Crippen LogP contribution in [0.15, 0.2) is 72.8 Å². The molecule has 3 nitrogen and oxygen atoms in total. The molecule has 1 fully saturated rings. The van der Waals surface area contributed by atoms with E-state index in [1.807, 2.05) is 65.6 Å². The summed E-state index contributed by atoms with van der Waals surface area (Å²) in [5, 5.41) is 1.29. The van der Waals surface area contributed by atoms with Crippen molar-refractivity contribution >= 4 is 46.6 Å². The molecule has 142 valence electrons. The number of halogens is 2. The second-order valence-corrected chi connectivity index (χ2v) is 8.33. The van der Waals surface area contributed by atoms with Crippen molar-refractivity contribution in [2.24, 2.45) is 0 Å². The minimum absolute atomic E-state index is 0.0596. The summed E-state index contributed by atoms with van der Waals surface area (Å²) < 4.78 is 5.85. The van der Waals surface area contributed by atoms with E-state index in [2.05, 4.69) is 0 Å². The Morgan fingerprint density at radius 2 is 1.71 bits per heavy atom. The number of ether oxygens (including phenoxy) is 1. The van der Waals surface area contributed by atoms with E-state index in [0.29, 0.717) is 22.4 Å². The van der Waals surface area contributed by atoms with E-state index in [1.54, 1.807) is 23.9 Å². The number of carbonyl (C=O) groups is 1. The summed E-state index contributed by atoms with van der Waals surface area (Å²) in [6.07, 6.45) is 0. The highest BCUT2D eigenvalue weighted by Gasteiger charge is 2.33. The van der Waals surface area contributed by atoms with E-state index in [9.17, 15) is 4.79 Å². The normalized spacial score (nSPS) is 16.4. The summed E-state index contributed by atoms with van der Waals surface area (Å²) in [4.78, 5) is 14.3. The molecule has 0 saturated carbocycles. The highest BCUT2D eigenvalue weighted by atomic mass is 35.5. The van der Waals surface area contributed by atoms with Crippen molar-refractivity contribution in [3.05, 3.63) is 94.0 Å². The van der Waals surface area contributed by atoms with Gasteiger partial charge in [-0.3, -0.25) is 9.69 Å². The zero-order valence-corrected chi connectivity index (χ0v) is 17.2. The Labute approximate surface area is 178 Å². The summed E-state index contributed by atoms with van der Waals surface area (Å²) in [5.41, 5.74) is 2.93. The second-order valence-electron chi connectivity index (χ2n) is 6.39. The van der Waals surface area contributed by atoms with Crippen molar-refractivity contribution in [2.75, 3.05) is 10.7 Å². The molecule has 0 unspecified atom stereocenters. The average Bonchev–Trinajstić information content (AvgIpc) is 3.09. The SMILES string of the molecule is O=C1CS[C@@H](c2ccc(OCc3cccc(Cl)c3)cc2)N1c1ccc(Cl)cc1. The van der Waals surface area contributed by atoms with Crippen LogP contribution in [0.25, 0.3) is 0 Å². The van der Waals surface area contributed by atoms with E-state index in [1.165, 1.54) is 0 Å². The number of benzene rings is 3. The van der Waals surface area contributed by atoms with Crippen molar-refractivity contribution in [3.8, 4) is 5.75 Å². The zero-order chi connectivity index (χ0) is 19.5. The highest BCUT2D eigenvalue weighted by molar-refractivity contribution is 8.00. The maximum Gasteiger partial charge on any atom is 0.238 e. The predicted molar refractivity (Wildman–Crippen MR) is 116 cm³/mol. The molecule has 1 aliphatic heterocycles. The lowest BCUT2D eigenvalue weighted by Gasteiger charge is -2.24. The first-order valence-corrected chi connectivity index (χ1v) is 10.6. The van der Waals surface area contributed by atoms with Crippen molar-refractivity contribution < 1.29 is 9.53 Å². The van der Waals surface area contributed by atoms with Crippen LogP contribution in [0.3, 0.4) is 0 Å². The van der Waals surface area contributed by atoms with Gasteiger partial charge < -0.3 is 4.74 Å². The second kappa shape index (κ2) is 8.48. The summed E-state index contributed by atoms with van der Waals surface area (Å²) in [5.74, 6) is 1.33. The molecule has 1 saturated heterocycles. The van der Waals surface area contributed by atoms with E-state index < -0.39 is 0 Å².